The lowest BCUT2D eigenvalue weighted by atomic mass is 9.43. The maximum atomic E-state index is 12.9. The Morgan fingerprint density at radius 3 is 2.75 bits per heavy atom. The van der Waals surface area contributed by atoms with E-state index in [1.807, 2.05) is 18.2 Å². The van der Waals surface area contributed by atoms with Crippen molar-refractivity contribution in [1.82, 2.24) is 16.0 Å². The van der Waals surface area contributed by atoms with Gasteiger partial charge >= 0.3 is 13.1 Å². The number of hydrogen-bond donors (Lipinski definition) is 3. The Balaban J connectivity index is 1.27. The summed E-state index contributed by atoms with van der Waals surface area (Å²) in [6.45, 7) is 8.65. The number of rotatable bonds is 6. The molecule has 0 spiro atoms. The molecule has 1 aromatic carbocycles. The van der Waals surface area contributed by atoms with E-state index in [2.05, 4.69) is 48.9 Å². The van der Waals surface area contributed by atoms with Gasteiger partial charge in [-0.25, -0.2) is 4.79 Å². The van der Waals surface area contributed by atoms with E-state index in [1.165, 1.54) is 24.8 Å². The summed E-state index contributed by atoms with van der Waals surface area (Å²) in [6.07, 6.45) is 6.62. The minimum Gasteiger partial charge on any atom is -0.404 e. The number of nitrogens with one attached hydrogen (secondary N) is 3. The van der Waals surface area contributed by atoms with E-state index in [4.69, 9.17) is 9.31 Å². The summed E-state index contributed by atoms with van der Waals surface area (Å²) in [5, 5.41) is 9.75. The zero-order chi connectivity index (χ0) is 22.3. The Morgan fingerprint density at radius 1 is 1.22 bits per heavy atom. The summed E-state index contributed by atoms with van der Waals surface area (Å²) in [6, 6.07) is 10.5. The Morgan fingerprint density at radius 2 is 2.03 bits per heavy atom. The molecule has 174 valence electrons. The summed E-state index contributed by atoms with van der Waals surface area (Å²) in [7, 11) is -0.432. The molecule has 1 aromatic rings. The van der Waals surface area contributed by atoms with Crippen molar-refractivity contribution < 1.29 is 14.1 Å². The van der Waals surface area contributed by atoms with Crippen LogP contribution in [-0.2, 0) is 15.7 Å². The van der Waals surface area contributed by atoms with Crippen LogP contribution in [0.2, 0.25) is 0 Å². The van der Waals surface area contributed by atoms with Crippen molar-refractivity contribution in [1.29, 1.82) is 0 Å². The zero-order valence-electron chi connectivity index (χ0n) is 19.7. The number of hydrogen-bond acceptors (Lipinski definition) is 4. The molecule has 6 atom stereocenters. The molecule has 2 aliphatic heterocycles. The van der Waals surface area contributed by atoms with Gasteiger partial charge in [-0.15, -0.1) is 0 Å². The highest BCUT2D eigenvalue weighted by Gasteiger charge is 2.68. The number of urea groups is 1. The summed E-state index contributed by atoms with van der Waals surface area (Å²) in [5.74, 6) is 0.978. The Bertz CT molecular complexity index is 816. The fourth-order valence-corrected chi connectivity index (χ4v) is 6.69. The third kappa shape index (κ3) is 4.08. The molecule has 0 aromatic heterocycles. The molecule has 32 heavy (non-hydrogen) atoms. The van der Waals surface area contributed by atoms with Gasteiger partial charge in [-0.3, -0.25) is 0 Å². The highest BCUT2D eigenvalue weighted by atomic mass is 16.7. The van der Waals surface area contributed by atoms with Crippen LogP contribution in [0, 0.1) is 17.3 Å². The molecule has 0 radical (unpaired) electrons. The third-order valence-electron chi connectivity index (χ3n) is 8.83. The fourth-order valence-electron chi connectivity index (χ4n) is 6.69. The first-order valence-electron chi connectivity index (χ1n) is 12.5. The Labute approximate surface area is 192 Å². The van der Waals surface area contributed by atoms with E-state index in [1.54, 1.807) is 0 Å². The molecule has 2 bridgehead atoms. The summed E-state index contributed by atoms with van der Waals surface area (Å²) < 4.78 is 13.2. The molecule has 2 saturated heterocycles. The van der Waals surface area contributed by atoms with E-state index in [0.717, 1.165) is 19.4 Å². The molecule has 5 aliphatic rings. The zero-order valence-corrected chi connectivity index (χ0v) is 19.7. The van der Waals surface area contributed by atoms with Crippen LogP contribution in [0.4, 0.5) is 4.79 Å². The second-order valence-corrected chi connectivity index (χ2v) is 11.1. The van der Waals surface area contributed by atoms with Crippen LogP contribution < -0.4 is 16.0 Å². The number of piperidine rings is 1. The maximum Gasteiger partial charge on any atom is 0.482 e. The second-order valence-electron chi connectivity index (χ2n) is 11.1. The van der Waals surface area contributed by atoms with Gasteiger partial charge in [-0.2, -0.15) is 0 Å². The lowest BCUT2D eigenvalue weighted by molar-refractivity contribution is -0.199. The summed E-state index contributed by atoms with van der Waals surface area (Å²) in [5.41, 5.74) is 1.20. The third-order valence-corrected chi connectivity index (χ3v) is 8.83. The number of carbonyl (C=O) groups is 1. The van der Waals surface area contributed by atoms with E-state index < -0.39 is 7.12 Å². The highest BCUT2D eigenvalue weighted by Crippen LogP contribution is 2.65. The first-order chi connectivity index (χ1) is 15.4. The van der Waals surface area contributed by atoms with Crippen molar-refractivity contribution in [2.45, 2.75) is 83.0 Å². The van der Waals surface area contributed by atoms with Crippen LogP contribution in [0.1, 0.15) is 58.4 Å². The predicted molar refractivity (Wildman–Crippen MR) is 126 cm³/mol. The Kier molecular flexibility index (Phi) is 6.02. The SMILES string of the molecule is CC1(C)[C@@H]2C[C@H]3OB(C(Cc4ccccc4)NC(=O)NC[C@@H]4CCCCN4)O[C@@]3(C)[C@H]1C2. The highest BCUT2D eigenvalue weighted by molar-refractivity contribution is 6.48. The van der Waals surface area contributed by atoms with Crippen LogP contribution in [0.3, 0.4) is 0 Å². The Hall–Kier alpha value is -1.57. The lowest BCUT2D eigenvalue weighted by Crippen LogP contribution is -2.65. The molecule has 7 heteroatoms. The van der Waals surface area contributed by atoms with Gasteiger partial charge < -0.3 is 25.3 Å². The van der Waals surface area contributed by atoms with Gasteiger partial charge in [0, 0.05) is 12.6 Å². The van der Waals surface area contributed by atoms with Gasteiger partial charge in [0.05, 0.1) is 17.6 Å². The van der Waals surface area contributed by atoms with Crippen LogP contribution in [-0.4, -0.2) is 49.9 Å². The average Bonchev–Trinajstić information content (AvgIpc) is 3.16. The van der Waals surface area contributed by atoms with Gasteiger partial charge in [0.2, 0.25) is 0 Å². The molecule has 2 heterocycles. The van der Waals surface area contributed by atoms with Crippen molar-refractivity contribution >= 4 is 13.1 Å². The van der Waals surface area contributed by atoms with Crippen molar-refractivity contribution in [3.63, 3.8) is 0 Å². The van der Waals surface area contributed by atoms with Crippen LogP contribution in [0.5, 0.6) is 0 Å². The van der Waals surface area contributed by atoms with E-state index in [9.17, 15) is 4.79 Å². The topological polar surface area (TPSA) is 71.6 Å². The van der Waals surface area contributed by atoms with Gasteiger partial charge in [0.25, 0.3) is 0 Å². The lowest BCUT2D eigenvalue weighted by Gasteiger charge is -2.64. The van der Waals surface area contributed by atoms with E-state index >= 15 is 0 Å². The maximum absolute atomic E-state index is 12.9. The number of benzene rings is 1. The first kappa shape index (κ1) is 22.2. The van der Waals surface area contributed by atoms with E-state index in [0.29, 0.717) is 36.3 Å². The largest absolute Gasteiger partial charge is 0.482 e. The summed E-state index contributed by atoms with van der Waals surface area (Å²) >= 11 is 0. The van der Waals surface area contributed by atoms with Crippen molar-refractivity contribution in [2.75, 3.05) is 13.1 Å². The van der Waals surface area contributed by atoms with Gasteiger partial charge in [0.1, 0.15) is 0 Å². The number of carbonyl (C=O) groups excluding carboxylic acids is 1. The molecular formula is C25H38BN3O3. The van der Waals surface area contributed by atoms with Crippen molar-refractivity contribution in [3.8, 4) is 0 Å². The molecule has 3 saturated carbocycles. The monoisotopic (exact) mass is 439 g/mol. The van der Waals surface area contributed by atoms with Gasteiger partial charge in [-0.1, -0.05) is 50.6 Å². The quantitative estimate of drug-likeness (QED) is 0.595. The van der Waals surface area contributed by atoms with Gasteiger partial charge in [0.15, 0.2) is 0 Å². The molecule has 6 nitrogen and oxygen atoms in total. The smallest absolute Gasteiger partial charge is 0.404 e. The molecule has 5 fully saturated rings. The molecular weight excluding hydrogens is 401 g/mol. The first-order valence-corrected chi connectivity index (χ1v) is 12.5. The predicted octanol–water partition coefficient (Wildman–Crippen LogP) is 3.31. The molecule has 3 aliphatic carbocycles. The van der Waals surface area contributed by atoms with Crippen LogP contribution in [0.15, 0.2) is 30.3 Å². The summed E-state index contributed by atoms with van der Waals surface area (Å²) in [4.78, 5) is 12.9. The van der Waals surface area contributed by atoms with E-state index in [-0.39, 0.29) is 23.7 Å². The minimum absolute atomic E-state index is 0.110. The molecule has 2 amide bonds. The minimum atomic E-state index is -0.432. The van der Waals surface area contributed by atoms with Crippen LogP contribution in [0.25, 0.3) is 0 Å². The average molecular weight is 439 g/mol. The standard InChI is InChI=1S/C25H38BN3O3/c1-24(2)18-14-20(24)25(3)21(15-18)31-26(32-25)22(13-17-9-5-4-6-10-17)29-23(30)28-16-19-11-7-8-12-27-19/h4-6,9-10,18-22,27H,7-8,11-16H2,1-3H3,(H2,28,29,30)/t18-,19-,20-,21+,22?,25-/m0/s1. The van der Waals surface area contributed by atoms with Crippen molar-refractivity contribution in [2.24, 2.45) is 17.3 Å². The number of amides is 2. The normalized spacial score (nSPS) is 36.0. The molecule has 3 N–H and O–H groups in total. The fraction of sp³-hybridized carbons (Fsp3) is 0.720. The molecule has 6 rings (SSSR count). The van der Waals surface area contributed by atoms with Crippen molar-refractivity contribution in [3.05, 3.63) is 35.9 Å². The van der Waals surface area contributed by atoms with Crippen LogP contribution >= 0.6 is 0 Å². The molecule has 1 unspecified atom stereocenters. The second kappa shape index (κ2) is 8.66. The van der Waals surface area contributed by atoms with Gasteiger partial charge in [-0.05, 0) is 68.4 Å².